The zero-order chi connectivity index (χ0) is 19.7. The van der Waals surface area contributed by atoms with Crippen LogP contribution < -0.4 is 10.2 Å². The zero-order valence-corrected chi connectivity index (χ0v) is 18.3. The summed E-state index contributed by atoms with van der Waals surface area (Å²) in [5.41, 5.74) is 4.73. The van der Waals surface area contributed by atoms with Crippen LogP contribution in [0.15, 0.2) is 47.2 Å². The Morgan fingerprint density at radius 3 is 2.79 bits per heavy atom. The van der Waals surface area contributed by atoms with Gasteiger partial charge in [-0.2, -0.15) is 0 Å². The number of quaternary nitrogens is 1. The van der Waals surface area contributed by atoms with E-state index >= 15 is 0 Å². The van der Waals surface area contributed by atoms with Gasteiger partial charge in [-0.3, -0.25) is 4.79 Å². The largest absolute Gasteiger partial charge is 0.321 e. The van der Waals surface area contributed by atoms with Gasteiger partial charge in [0.1, 0.15) is 6.04 Å². The predicted octanol–water partition coefficient (Wildman–Crippen LogP) is 4.41. The lowest BCUT2D eigenvalue weighted by Gasteiger charge is -2.32. The molecule has 0 spiro atoms. The maximum absolute atomic E-state index is 13.0. The molecule has 3 heterocycles. The number of amides is 1. The molecule has 1 aromatic carbocycles. The highest BCUT2D eigenvalue weighted by Gasteiger charge is 2.35. The average Bonchev–Trinajstić information content (AvgIpc) is 3.34. The lowest BCUT2D eigenvalue weighted by Crippen LogP contribution is -3.14. The Morgan fingerprint density at radius 1 is 1.18 bits per heavy atom. The third-order valence-electron chi connectivity index (χ3n) is 5.58. The van der Waals surface area contributed by atoms with Crippen molar-refractivity contribution >= 4 is 34.3 Å². The van der Waals surface area contributed by atoms with Crippen LogP contribution in [0.2, 0.25) is 0 Å². The fourth-order valence-electron chi connectivity index (χ4n) is 4.18. The molecule has 4 rings (SSSR count). The molecule has 2 N–H and O–H groups in total. The highest BCUT2D eigenvalue weighted by Crippen LogP contribution is 2.32. The Kier molecular flexibility index (Phi) is 5.67. The number of rotatable bonds is 5. The van der Waals surface area contributed by atoms with Gasteiger partial charge in [0, 0.05) is 22.5 Å². The first-order valence-corrected chi connectivity index (χ1v) is 11.6. The monoisotopic (exact) mass is 411 g/mol. The Balaban J connectivity index is 1.56. The van der Waals surface area contributed by atoms with Gasteiger partial charge in [-0.25, -0.2) is 0 Å². The molecule has 1 aliphatic heterocycles. The summed E-state index contributed by atoms with van der Waals surface area (Å²) in [5.74, 6) is 0.483. The number of fused-ring (bicyclic) bond motifs is 1. The van der Waals surface area contributed by atoms with Crippen LogP contribution in [0.3, 0.4) is 0 Å². The third-order valence-corrected chi connectivity index (χ3v) is 7.51. The highest BCUT2D eigenvalue weighted by molar-refractivity contribution is 7.10. The van der Waals surface area contributed by atoms with Crippen molar-refractivity contribution in [3.05, 3.63) is 73.6 Å². The van der Waals surface area contributed by atoms with Crippen molar-refractivity contribution < 1.29 is 9.69 Å². The standard InChI is InChI=1S/C23H26N2OS2/c1-15(2)17-7-4-6-16(3)22(17)24-21(26)14-25-11-9-19-18(10-13-28-19)23(25)20-8-5-12-27-20/h4-8,10,12-13,15,23H,9,11,14H2,1-3H3,(H,24,26)/p+1/t23-/m1/s1. The second-order valence-corrected chi connectivity index (χ2v) is 9.80. The van der Waals surface area contributed by atoms with Crippen molar-refractivity contribution in [1.82, 2.24) is 0 Å². The molecular weight excluding hydrogens is 384 g/mol. The van der Waals surface area contributed by atoms with E-state index in [-0.39, 0.29) is 11.9 Å². The van der Waals surface area contributed by atoms with E-state index in [9.17, 15) is 4.79 Å². The van der Waals surface area contributed by atoms with E-state index in [1.807, 2.05) is 11.3 Å². The first-order chi connectivity index (χ1) is 13.5. The van der Waals surface area contributed by atoms with E-state index in [1.165, 1.54) is 25.8 Å². The summed E-state index contributed by atoms with van der Waals surface area (Å²) < 4.78 is 0. The van der Waals surface area contributed by atoms with Gasteiger partial charge in [-0.1, -0.05) is 38.1 Å². The molecule has 1 unspecified atom stereocenters. The lowest BCUT2D eigenvalue weighted by atomic mass is 9.97. The number of benzene rings is 1. The molecule has 3 aromatic rings. The molecule has 3 nitrogen and oxygen atoms in total. The molecule has 0 saturated carbocycles. The minimum absolute atomic E-state index is 0.103. The summed E-state index contributed by atoms with van der Waals surface area (Å²) in [7, 11) is 0. The predicted molar refractivity (Wildman–Crippen MR) is 119 cm³/mol. The number of carbonyl (C=O) groups excluding carboxylic acids is 1. The van der Waals surface area contributed by atoms with Crippen LogP contribution in [0, 0.1) is 6.92 Å². The van der Waals surface area contributed by atoms with E-state index in [0.717, 1.165) is 24.2 Å². The summed E-state index contributed by atoms with van der Waals surface area (Å²) in [6.07, 6.45) is 1.05. The maximum Gasteiger partial charge on any atom is 0.279 e. The molecular formula is C23H27N2OS2+. The van der Waals surface area contributed by atoms with Crippen LogP contribution in [0.1, 0.15) is 52.3 Å². The van der Waals surface area contributed by atoms with Crippen molar-refractivity contribution in [3.63, 3.8) is 0 Å². The van der Waals surface area contributed by atoms with Crippen molar-refractivity contribution in [1.29, 1.82) is 0 Å². The van der Waals surface area contributed by atoms with Gasteiger partial charge >= 0.3 is 0 Å². The number of nitrogens with one attached hydrogen (secondary N) is 2. The summed E-state index contributed by atoms with van der Waals surface area (Å²) >= 11 is 3.64. The summed E-state index contributed by atoms with van der Waals surface area (Å²) in [6.45, 7) is 7.90. The van der Waals surface area contributed by atoms with Crippen molar-refractivity contribution in [2.45, 2.75) is 39.2 Å². The Bertz CT molecular complexity index is 959. The van der Waals surface area contributed by atoms with Gasteiger partial charge in [-0.05, 0) is 46.9 Å². The van der Waals surface area contributed by atoms with Crippen molar-refractivity contribution in [2.24, 2.45) is 0 Å². The third kappa shape index (κ3) is 3.79. The minimum Gasteiger partial charge on any atom is -0.321 e. The molecule has 28 heavy (non-hydrogen) atoms. The summed E-state index contributed by atoms with van der Waals surface area (Å²) in [6, 6.07) is 13.1. The molecule has 0 fully saturated rings. The molecule has 0 radical (unpaired) electrons. The number of carbonyl (C=O) groups is 1. The quantitative estimate of drug-likeness (QED) is 0.641. The van der Waals surface area contributed by atoms with E-state index in [2.05, 4.69) is 73.2 Å². The van der Waals surface area contributed by atoms with Gasteiger partial charge < -0.3 is 10.2 Å². The van der Waals surface area contributed by atoms with Gasteiger partial charge in [0.2, 0.25) is 0 Å². The number of para-hydroxylation sites is 1. The zero-order valence-electron chi connectivity index (χ0n) is 16.6. The van der Waals surface area contributed by atoms with Gasteiger partial charge in [0.25, 0.3) is 5.91 Å². The van der Waals surface area contributed by atoms with Gasteiger partial charge in [-0.15, -0.1) is 22.7 Å². The van der Waals surface area contributed by atoms with E-state index in [0.29, 0.717) is 12.5 Å². The molecule has 0 aliphatic carbocycles. The molecule has 1 amide bonds. The van der Waals surface area contributed by atoms with E-state index in [1.54, 1.807) is 11.3 Å². The summed E-state index contributed by atoms with van der Waals surface area (Å²) in [5, 5.41) is 7.56. The van der Waals surface area contributed by atoms with Crippen molar-refractivity contribution in [3.8, 4) is 0 Å². The van der Waals surface area contributed by atoms with Gasteiger partial charge in [0.15, 0.2) is 6.54 Å². The maximum atomic E-state index is 13.0. The van der Waals surface area contributed by atoms with Crippen LogP contribution >= 0.6 is 22.7 Å². The number of aryl methyl sites for hydroxylation is 1. The highest BCUT2D eigenvalue weighted by atomic mass is 32.1. The summed E-state index contributed by atoms with van der Waals surface area (Å²) in [4.78, 5) is 17.2. The fraction of sp³-hybridized carbons (Fsp3) is 0.348. The molecule has 2 atom stereocenters. The number of anilines is 1. The normalized spacial score (nSPS) is 18.9. The SMILES string of the molecule is Cc1cccc(C(C)C)c1NC(=O)C[NH+]1CCc2sccc2[C@@H]1c1cccs1. The number of thiophene rings is 2. The van der Waals surface area contributed by atoms with E-state index < -0.39 is 0 Å². The van der Waals surface area contributed by atoms with Gasteiger partial charge in [0.05, 0.1) is 11.4 Å². The average molecular weight is 412 g/mol. The van der Waals surface area contributed by atoms with E-state index in [4.69, 9.17) is 0 Å². The molecule has 146 valence electrons. The molecule has 2 aromatic heterocycles. The fourth-order valence-corrected chi connectivity index (χ4v) is 6.00. The van der Waals surface area contributed by atoms with Crippen molar-refractivity contribution in [2.75, 3.05) is 18.4 Å². The van der Waals surface area contributed by atoms with Crippen LogP contribution in [-0.2, 0) is 11.2 Å². The smallest absolute Gasteiger partial charge is 0.279 e. The molecule has 5 heteroatoms. The Labute approximate surface area is 175 Å². The lowest BCUT2D eigenvalue weighted by molar-refractivity contribution is -0.919. The number of hydrogen-bond acceptors (Lipinski definition) is 3. The van der Waals surface area contributed by atoms with Crippen LogP contribution in [0.4, 0.5) is 5.69 Å². The molecule has 0 bridgehead atoms. The first kappa shape index (κ1) is 19.4. The van der Waals surface area contributed by atoms with Crippen LogP contribution in [0.5, 0.6) is 0 Å². The Morgan fingerprint density at radius 2 is 2.04 bits per heavy atom. The van der Waals surface area contributed by atoms with Crippen LogP contribution in [0.25, 0.3) is 0 Å². The molecule has 0 saturated heterocycles. The number of hydrogen-bond donors (Lipinski definition) is 2. The first-order valence-electron chi connectivity index (χ1n) is 9.88. The Hall–Kier alpha value is -1.95. The molecule has 1 aliphatic rings. The minimum atomic E-state index is 0.103. The second-order valence-electron chi connectivity index (χ2n) is 7.82. The second kappa shape index (κ2) is 8.19. The topological polar surface area (TPSA) is 33.5 Å². The van der Waals surface area contributed by atoms with Crippen LogP contribution in [-0.4, -0.2) is 19.0 Å².